The van der Waals surface area contributed by atoms with E-state index < -0.39 is 0 Å². The molecule has 14 heavy (non-hydrogen) atoms. The van der Waals surface area contributed by atoms with E-state index in [0.717, 1.165) is 23.3 Å². The molecule has 1 aliphatic rings. The van der Waals surface area contributed by atoms with Crippen LogP contribution in [0.25, 0.3) is 0 Å². The lowest BCUT2D eigenvalue weighted by Gasteiger charge is -2.22. The fourth-order valence-corrected chi connectivity index (χ4v) is 2.45. The van der Waals surface area contributed by atoms with Gasteiger partial charge >= 0.3 is 0 Å². The Balaban J connectivity index is 1.76. The number of aromatic nitrogens is 1. The van der Waals surface area contributed by atoms with Crippen LogP contribution in [0.15, 0.2) is 5.38 Å². The number of piperidine rings is 1. The number of anilines is 1. The molecule has 0 unspecified atom stereocenters. The molecule has 0 saturated carbocycles. The molecule has 0 bridgehead atoms. The quantitative estimate of drug-likeness (QED) is 0.801. The summed E-state index contributed by atoms with van der Waals surface area (Å²) in [5.74, 6) is 0.820. The first kappa shape index (κ1) is 9.93. The van der Waals surface area contributed by atoms with E-state index in [-0.39, 0.29) is 0 Å². The highest BCUT2D eigenvalue weighted by Crippen LogP contribution is 2.17. The molecular formula is C10H17N3S. The second kappa shape index (κ2) is 4.75. The third-order valence-corrected chi connectivity index (χ3v) is 3.54. The number of hydrogen-bond acceptors (Lipinski definition) is 4. The average molecular weight is 211 g/mol. The van der Waals surface area contributed by atoms with E-state index in [1.54, 1.807) is 11.3 Å². The van der Waals surface area contributed by atoms with Gasteiger partial charge in [0.2, 0.25) is 0 Å². The summed E-state index contributed by atoms with van der Waals surface area (Å²) in [6.07, 6.45) is 2.58. The lowest BCUT2D eigenvalue weighted by molar-refractivity contribution is 0.390. The molecule has 0 aliphatic carbocycles. The Labute approximate surface area is 88.9 Å². The molecule has 1 aromatic heterocycles. The van der Waals surface area contributed by atoms with Crippen molar-refractivity contribution in [3.8, 4) is 0 Å². The zero-order valence-electron chi connectivity index (χ0n) is 8.55. The van der Waals surface area contributed by atoms with Gasteiger partial charge in [-0.1, -0.05) is 0 Å². The Kier molecular flexibility index (Phi) is 3.37. The molecule has 0 amide bonds. The van der Waals surface area contributed by atoms with Crippen molar-refractivity contribution < 1.29 is 0 Å². The van der Waals surface area contributed by atoms with Crippen molar-refractivity contribution >= 4 is 16.5 Å². The normalized spacial score (nSPS) is 18.4. The third kappa shape index (κ3) is 2.69. The van der Waals surface area contributed by atoms with Crippen LogP contribution in [0.3, 0.4) is 0 Å². The second-order valence-electron chi connectivity index (χ2n) is 3.87. The Morgan fingerprint density at radius 1 is 1.57 bits per heavy atom. The van der Waals surface area contributed by atoms with Crippen molar-refractivity contribution in [1.82, 2.24) is 10.3 Å². The minimum absolute atomic E-state index is 0.820. The predicted octanol–water partition coefficient (Wildman–Crippen LogP) is 1.86. The van der Waals surface area contributed by atoms with E-state index in [4.69, 9.17) is 0 Å². The van der Waals surface area contributed by atoms with E-state index in [0.29, 0.717) is 0 Å². The molecule has 4 heteroatoms. The zero-order chi connectivity index (χ0) is 9.80. The highest BCUT2D eigenvalue weighted by Gasteiger charge is 2.12. The van der Waals surface area contributed by atoms with Gasteiger partial charge < -0.3 is 10.6 Å². The lowest BCUT2D eigenvalue weighted by atomic mass is 9.98. The van der Waals surface area contributed by atoms with Gasteiger partial charge in [0, 0.05) is 11.9 Å². The fourth-order valence-electron chi connectivity index (χ4n) is 1.75. The lowest BCUT2D eigenvalue weighted by Crippen LogP contribution is -2.31. The van der Waals surface area contributed by atoms with Crippen molar-refractivity contribution in [2.75, 3.05) is 25.0 Å². The van der Waals surface area contributed by atoms with Crippen molar-refractivity contribution in [2.45, 2.75) is 19.8 Å². The third-order valence-electron chi connectivity index (χ3n) is 2.62. The van der Waals surface area contributed by atoms with Gasteiger partial charge in [-0.2, -0.15) is 0 Å². The molecule has 2 N–H and O–H groups in total. The van der Waals surface area contributed by atoms with Crippen LogP contribution >= 0.6 is 11.3 Å². The summed E-state index contributed by atoms with van der Waals surface area (Å²) in [7, 11) is 0. The maximum atomic E-state index is 4.39. The van der Waals surface area contributed by atoms with Gasteiger partial charge in [-0.3, -0.25) is 0 Å². The minimum atomic E-state index is 0.820. The number of nitrogens with one attached hydrogen (secondary N) is 2. The van der Waals surface area contributed by atoms with Crippen LogP contribution in [0.2, 0.25) is 0 Å². The smallest absolute Gasteiger partial charge is 0.182 e. The standard InChI is InChI=1S/C10H17N3S/c1-8-7-14-10(13-8)12-6-9-2-4-11-5-3-9/h7,9,11H,2-6H2,1H3,(H,12,13). The summed E-state index contributed by atoms with van der Waals surface area (Å²) in [6, 6.07) is 0. The molecule has 1 aromatic rings. The van der Waals surface area contributed by atoms with E-state index in [1.165, 1.54) is 25.9 Å². The second-order valence-corrected chi connectivity index (χ2v) is 4.73. The summed E-state index contributed by atoms with van der Waals surface area (Å²) in [4.78, 5) is 4.39. The Morgan fingerprint density at radius 2 is 2.36 bits per heavy atom. The number of hydrogen-bond donors (Lipinski definition) is 2. The predicted molar refractivity (Wildman–Crippen MR) is 60.9 cm³/mol. The van der Waals surface area contributed by atoms with E-state index in [9.17, 15) is 0 Å². The topological polar surface area (TPSA) is 37.0 Å². The van der Waals surface area contributed by atoms with Gasteiger partial charge in [0.1, 0.15) is 0 Å². The van der Waals surface area contributed by atoms with Crippen molar-refractivity contribution in [3.63, 3.8) is 0 Å². The summed E-state index contributed by atoms with van der Waals surface area (Å²) in [5, 5.41) is 9.95. The van der Waals surface area contributed by atoms with E-state index in [2.05, 4.69) is 21.0 Å². The molecule has 0 radical (unpaired) electrons. The van der Waals surface area contributed by atoms with Crippen LogP contribution in [-0.4, -0.2) is 24.6 Å². The first-order valence-electron chi connectivity index (χ1n) is 5.21. The fraction of sp³-hybridized carbons (Fsp3) is 0.700. The van der Waals surface area contributed by atoms with Crippen LogP contribution in [0.4, 0.5) is 5.13 Å². The van der Waals surface area contributed by atoms with E-state index in [1.807, 2.05) is 6.92 Å². The van der Waals surface area contributed by atoms with Gasteiger partial charge in [-0.25, -0.2) is 4.98 Å². The molecule has 0 atom stereocenters. The van der Waals surface area contributed by atoms with Crippen LogP contribution < -0.4 is 10.6 Å². The molecule has 1 fully saturated rings. The van der Waals surface area contributed by atoms with Crippen LogP contribution in [0, 0.1) is 12.8 Å². The molecule has 78 valence electrons. The first-order valence-corrected chi connectivity index (χ1v) is 6.09. The summed E-state index contributed by atoms with van der Waals surface area (Å²) < 4.78 is 0. The number of aryl methyl sites for hydroxylation is 1. The number of thiazole rings is 1. The Hall–Kier alpha value is -0.610. The molecule has 0 spiro atoms. The molecule has 2 heterocycles. The molecule has 2 rings (SSSR count). The van der Waals surface area contributed by atoms with Crippen molar-refractivity contribution in [3.05, 3.63) is 11.1 Å². The maximum absolute atomic E-state index is 4.39. The van der Waals surface area contributed by atoms with Crippen molar-refractivity contribution in [1.29, 1.82) is 0 Å². The van der Waals surface area contributed by atoms with Gasteiger partial charge in [0.25, 0.3) is 0 Å². The van der Waals surface area contributed by atoms with Gasteiger partial charge in [0.15, 0.2) is 5.13 Å². The first-order chi connectivity index (χ1) is 6.84. The highest BCUT2D eigenvalue weighted by molar-refractivity contribution is 7.13. The van der Waals surface area contributed by atoms with Gasteiger partial charge in [0.05, 0.1) is 5.69 Å². The molecule has 0 aromatic carbocycles. The summed E-state index contributed by atoms with van der Waals surface area (Å²) in [6.45, 7) is 5.45. The molecule has 1 aliphatic heterocycles. The molecule has 1 saturated heterocycles. The monoisotopic (exact) mass is 211 g/mol. The highest BCUT2D eigenvalue weighted by atomic mass is 32.1. The van der Waals surface area contributed by atoms with Crippen LogP contribution in [-0.2, 0) is 0 Å². The summed E-state index contributed by atoms with van der Waals surface area (Å²) in [5.41, 5.74) is 1.11. The minimum Gasteiger partial charge on any atom is -0.361 e. The molecular weight excluding hydrogens is 194 g/mol. The SMILES string of the molecule is Cc1csc(NCC2CCNCC2)n1. The van der Waals surface area contributed by atoms with Gasteiger partial charge in [-0.15, -0.1) is 11.3 Å². The van der Waals surface area contributed by atoms with Crippen molar-refractivity contribution in [2.24, 2.45) is 5.92 Å². The van der Waals surface area contributed by atoms with E-state index >= 15 is 0 Å². The maximum Gasteiger partial charge on any atom is 0.182 e. The summed E-state index contributed by atoms with van der Waals surface area (Å²) >= 11 is 1.70. The number of rotatable bonds is 3. The van der Waals surface area contributed by atoms with Gasteiger partial charge in [-0.05, 0) is 38.8 Å². The Morgan fingerprint density at radius 3 is 3.00 bits per heavy atom. The Bertz CT molecular complexity index is 279. The number of nitrogens with zero attached hydrogens (tertiary/aromatic N) is 1. The van der Waals surface area contributed by atoms with Crippen LogP contribution in [0.5, 0.6) is 0 Å². The van der Waals surface area contributed by atoms with Crippen LogP contribution in [0.1, 0.15) is 18.5 Å². The average Bonchev–Trinajstić information content (AvgIpc) is 2.63. The molecule has 3 nitrogen and oxygen atoms in total. The largest absolute Gasteiger partial charge is 0.361 e. The zero-order valence-corrected chi connectivity index (χ0v) is 9.36.